The van der Waals surface area contributed by atoms with Gasteiger partial charge >= 0.3 is 0 Å². The zero-order chi connectivity index (χ0) is 16.3. The molecule has 1 fully saturated rings. The summed E-state index contributed by atoms with van der Waals surface area (Å²) in [5, 5.41) is 1.99. The number of nitrogens with zero attached hydrogens (tertiary/aromatic N) is 1. The maximum absolute atomic E-state index is 12.5. The highest BCUT2D eigenvalue weighted by atomic mass is 32.2. The number of hydrogen-bond acceptors (Lipinski definition) is 3. The van der Waals surface area contributed by atoms with Crippen molar-refractivity contribution in [1.82, 2.24) is 9.62 Å². The molecule has 0 radical (unpaired) electrons. The van der Waals surface area contributed by atoms with Gasteiger partial charge in [0.15, 0.2) is 0 Å². The minimum absolute atomic E-state index is 0.336. The summed E-state index contributed by atoms with van der Waals surface area (Å²) in [4.78, 5) is 2.68. The number of fused-ring (bicyclic) bond motifs is 1. The van der Waals surface area contributed by atoms with E-state index < -0.39 is 10.0 Å². The zero-order valence-corrected chi connectivity index (χ0v) is 14.3. The standard InChI is InChI=1S/C18H24N2O2S/c1-15-5-4-11-20(14-15)12-10-19-23(21,22)18-9-8-16-6-2-3-7-17(16)13-18/h2-3,6-9,13,15,19H,4-5,10-12,14H2,1H3/t15-/m1/s1. The first kappa shape index (κ1) is 16.4. The molecule has 0 unspecified atom stereocenters. The van der Waals surface area contributed by atoms with Crippen LogP contribution >= 0.6 is 0 Å². The number of benzene rings is 2. The van der Waals surface area contributed by atoms with Crippen LogP contribution in [0.3, 0.4) is 0 Å². The Morgan fingerprint density at radius 3 is 2.74 bits per heavy atom. The Balaban J connectivity index is 1.63. The Morgan fingerprint density at radius 1 is 1.17 bits per heavy atom. The van der Waals surface area contributed by atoms with Gasteiger partial charge in [0, 0.05) is 19.6 Å². The quantitative estimate of drug-likeness (QED) is 0.916. The van der Waals surface area contributed by atoms with Gasteiger partial charge in [-0.2, -0.15) is 0 Å². The molecule has 1 saturated heterocycles. The van der Waals surface area contributed by atoms with Crippen molar-refractivity contribution in [1.29, 1.82) is 0 Å². The minimum atomic E-state index is -3.44. The number of rotatable bonds is 5. The number of piperidine rings is 1. The van der Waals surface area contributed by atoms with Gasteiger partial charge in [0.2, 0.25) is 10.0 Å². The van der Waals surface area contributed by atoms with E-state index in [0.717, 1.165) is 30.4 Å². The summed E-state index contributed by atoms with van der Waals surface area (Å²) in [6.07, 6.45) is 2.48. The van der Waals surface area contributed by atoms with Crippen LogP contribution in [0.1, 0.15) is 19.8 Å². The van der Waals surface area contributed by atoms with Crippen LogP contribution in [0.5, 0.6) is 0 Å². The Kier molecular flexibility index (Phi) is 4.99. The van der Waals surface area contributed by atoms with Crippen LogP contribution in [-0.2, 0) is 10.0 Å². The van der Waals surface area contributed by atoms with Crippen molar-refractivity contribution in [2.24, 2.45) is 5.92 Å². The predicted octanol–water partition coefficient (Wildman–Crippen LogP) is 2.85. The van der Waals surface area contributed by atoms with E-state index in [9.17, 15) is 8.42 Å². The van der Waals surface area contributed by atoms with E-state index >= 15 is 0 Å². The van der Waals surface area contributed by atoms with Gasteiger partial charge in [-0.15, -0.1) is 0 Å². The third-order valence-corrected chi connectivity index (χ3v) is 5.95. The summed E-state index contributed by atoms with van der Waals surface area (Å²) < 4.78 is 27.6. The Labute approximate surface area is 138 Å². The first-order valence-corrected chi connectivity index (χ1v) is 9.74. The molecule has 4 nitrogen and oxygen atoms in total. The van der Waals surface area contributed by atoms with Gasteiger partial charge in [-0.1, -0.05) is 37.3 Å². The van der Waals surface area contributed by atoms with E-state index in [1.54, 1.807) is 12.1 Å². The van der Waals surface area contributed by atoms with Crippen molar-refractivity contribution >= 4 is 20.8 Å². The molecule has 1 aliphatic heterocycles. The summed E-state index contributed by atoms with van der Waals surface area (Å²) in [7, 11) is -3.44. The maximum atomic E-state index is 12.5. The van der Waals surface area contributed by atoms with Crippen LogP contribution in [0.2, 0.25) is 0 Å². The fourth-order valence-electron chi connectivity index (χ4n) is 3.25. The lowest BCUT2D eigenvalue weighted by molar-refractivity contribution is 0.187. The van der Waals surface area contributed by atoms with Crippen molar-refractivity contribution < 1.29 is 8.42 Å². The van der Waals surface area contributed by atoms with Crippen molar-refractivity contribution in [3.8, 4) is 0 Å². The van der Waals surface area contributed by atoms with E-state index in [2.05, 4.69) is 16.5 Å². The molecule has 5 heteroatoms. The topological polar surface area (TPSA) is 49.4 Å². The molecule has 23 heavy (non-hydrogen) atoms. The van der Waals surface area contributed by atoms with E-state index in [0.29, 0.717) is 17.4 Å². The summed E-state index contributed by atoms with van der Waals surface area (Å²) in [5.74, 6) is 0.709. The molecule has 2 aromatic rings. The molecule has 0 bridgehead atoms. The Hall–Kier alpha value is -1.43. The van der Waals surface area contributed by atoms with Crippen molar-refractivity contribution in [3.05, 3.63) is 42.5 Å². The van der Waals surface area contributed by atoms with Gasteiger partial charge in [-0.25, -0.2) is 13.1 Å². The molecule has 2 aromatic carbocycles. The second kappa shape index (κ2) is 6.99. The number of likely N-dealkylation sites (tertiary alicyclic amines) is 1. The highest BCUT2D eigenvalue weighted by Crippen LogP contribution is 2.19. The molecule has 0 aromatic heterocycles. The van der Waals surface area contributed by atoms with Crippen molar-refractivity contribution in [2.75, 3.05) is 26.2 Å². The van der Waals surface area contributed by atoms with Crippen LogP contribution in [0.4, 0.5) is 0 Å². The second-order valence-corrected chi connectivity index (χ2v) is 8.22. The monoisotopic (exact) mass is 332 g/mol. The largest absolute Gasteiger partial charge is 0.302 e. The molecule has 1 atom stereocenters. The van der Waals surface area contributed by atoms with Gasteiger partial charge in [0.1, 0.15) is 0 Å². The molecular weight excluding hydrogens is 308 g/mol. The molecular formula is C18H24N2O2S. The average Bonchev–Trinajstić information content (AvgIpc) is 2.54. The molecule has 124 valence electrons. The molecule has 0 aliphatic carbocycles. The van der Waals surface area contributed by atoms with Crippen LogP contribution in [0.15, 0.2) is 47.4 Å². The van der Waals surface area contributed by atoms with E-state index in [1.165, 1.54) is 12.8 Å². The number of hydrogen-bond donors (Lipinski definition) is 1. The number of nitrogens with one attached hydrogen (secondary N) is 1. The van der Waals surface area contributed by atoms with Crippen LogP contribution < -0.4 is 4.72 Å². The second-order valence-electron chi connectivity index (χ2n) is 6.45. The van der Waals surface area contributed by atoms with E-state index in [1.807, 2.05) is 30.3 Å². The molecule has 0 spiro atoms. The van der Waals surface area contributed by atoms with Gasteiger partial charge in [0.05, 0.1) is 4.90 Å². The third-order valence-electron chi connectivity index (χ3n) is 4.49. The zero-order valence-electron chi connectivity index (χ0n) is 13.5. The summed E-state index contributed by atoms with van der Waals surface area (Å²) in [6.45, 7) is 5.63. The SMILES string of the molecule is C[C@@H]1CCCN(CCNS(=O)(=O)c2ccc3ccccc3c2)C1. The first-order chi connectivity index (χ1) is 11.0. The Bertz CT molecular complexity index is 773. The van der Waals surface area contributed by atoms with E-state index in [4.69, 9.17) is 0 Å². The smallest absolute Gasteiger partial charge is 0.240 e. The third kappa shape index (κ3) is 4.10. The molecule has 3 rings (SSSR count). The lowest BCUT2D eigenvalue weighted by Crippen LogP contribution is -2.40. The van der Waals surface area contributed by atoms with Crippen LogP contribution in [0, 0.1) is 5.92 Å². The molecule has 1 aliphatic rings. The lowest BCUT2D eigenvalue weighted by Gasteiger charge is -2.30. The molecule has 0 saturated carbocycles. The van der Waals surface area contributed by atoms with Gasteiger partial charge in [0.25, 0.3) is 0 Å². The normalized spacial score (nSPS) is 20.0. The van der Waals surface area contributed by atoms with Gasteiger partial charge in [-0.3, -0.25) is 0 Å². The minimum Gasteiger partial charge on any atom is -0.302 e. The van der Waals surface area contributed by atoms with Gasteiger partial charge < -0.3 is 4.90 Å². The fourth-order valence-corrected chi connectivity index (χ4v) is 4.30. The maximum Gasteiger partial charge on any atom is 0.240 e. The highest BCUT2D eigenvalue weighted by Gasteiger charge is 2.18. The Morgan fingerprint density at radius 2 is 1.96 bits per heavy atom. The van der Waals surface area contributed by atoms with Crippen molar-refractivity contribution in [3.63, 3.8) is 0 Å². The highest BCUT2D eigenvalue weighted by molar-refractivity contribution is 7.89. The van der Waals surface area contributed by atoms with Gasteiger partial charge in [-0.05, 0) is 48.2 Å². The number of sulfonamides is 1. The van der Waals surface area contributed by atoms with Crippen molar-refractivity contribution in [2.45, 2.75) is 24.7 Å². The molecule has 1 N–H and O–H groups in total. The molecule has 0 amide bonds. The lowest BCUT2D eigenvalue weighted by atomic mass is 10.0. The summed E-state index contributed by atoms with van der Waals surface area (Å²) in [5.41, 5.74) is 0. The fraction of sp³-hybridized carbons (Fsp3) is 0.444. The van der Waals surface area contributed by atoms with Crippen LogP contribution in [-0.4, -0.2) is 39.5 Å². The predicted molar refractivity (Wildman–Crippen MR) is 94.0 cm³/mol. The summed E-state index contributed by atoms with van der Waals surface area (Å²) >= 11 is 0. The average molecular weight is 332 g/mol. The van der Waals surface area contributed by atoms with Crippen LogP contribution in [0.25, 0.3) is 10.8 Å². The summed E-state index contributed by atoms with van der Waals surface area (Å²) in [6, 6.07) is 13.1. The van der Waals surface area contributed by atoms with E-state index in [-0.39, 0.29) is 0 Å². The molecule has 1 heterocycles. The first-order valence-electron chi connectivity index (χ1n) is 8.25.